The summed E-state index contributed by atoms with van der Waals surface area (Å²) in [6, 6.07) is 6.87. The van der Waals surface area contributed by atoms with Crippen molar-refractivity contribution < 1.29 is 16.8 Å². The minimum atomic E-state index is -3.42. The molecule has 3 rings (SSSR count). The molecular weight excluding hydrogens is 346 g/mol. The summed E-state index contributed by atoms with van der Waals surface area (Å²) < 4.78 is 51.1. The Balaban J connectivity index is 1.89. The number of nitrogens with zero attached hydrogens (tertiary/aromatic N) is 1. The lowest BCUT2D eigenvalue weighted by Crippen LogP contribution is -2.36. The number of hydrogen-bond donors (Lipinski definition) is 0. The van der Waals surface area contributed by atoms with Gasteiger partial charge in [0.2, 0.25) is 10.0 Å². The van der Waals surface area contributed by atoms with Crippen LogP contribution in [-0.2, 0) is 19.9 Å². The highest BCUT2D eigenvalue weighted by Gasteiger charge is 2.42. The Labute approximate surface area is 136 Å². The van der Waals surface area contributed by atoms with E-state index in [0.717, 1.165) is 0 Å². The van der Waals surface area contributed by atoms with E-state index in [1.54, 1.807) is 24.3 Å². The van der Waals surface area contributed by atoms with Crippen LogP contribution in [0.4, 0.5) is 0 Å². The van der Waals surface area contributed by atoms with Gasteiger partial charge in [0, 0.05) is 18.1 Å². The average molecular weight is 364 g/mol. The van der Waals surface area contributed by atoms with Gasteiger partial charge in [0.05, 0.1) is 16.3 Å². The zero-order valence-electron chi connectivity index (χ0n) is 12.0. The van der Waals surface area contributed by atoms with Crippen LogP contribution in [0.2, 0.25) is 5.02 Å². The Morgan fingerprint density at radius 3 is 2.41 bits per heavy atom. The van der Waals surface area contributed by atoms with Gasteiger partial charge in [0.1, 0.15) is 0 Å². The van der Waals surface area contributed by atoms with E-state index < -0.39 is 25.1 Å². The van der Waals surface area contributed by atoms with Crippen molar-refractivity contribution in [2.45, 2.75) is 29.8 Å². The molecule has 1 aromatic rings. The number of hydrogen-bond acceptors (Lipinski definition) is 4. The van der Waals surface area contributed by atoms with Crippen molar-refractivity contribution in [1.29, 1.82) is 0 Å². The second-order valence-electron chi connectivity index (χ2n) is 5.81. The summed E-state index contributed by atoms with van der Waals surface area (Å²) >= 11 is 6.13. The summed E-state index contributed by atoms with van der Waals surface area (Å²) in [5, 5.41) is -0.637. The number of halogens is 1. The van der Waals surface area contributed by atoms with E-state index in [-0.39, 0.29) is 30.5 Å². The van der Waals surface area contributed by atoms with Crippen LogP contribution in [0.25, 0.3) is 0 Å². The Morgan fingerprint density at radius 2 is 1.77 bits per heavy atom. The smallest absolute Gasteiger partial charge is 0.217 e. The van der Waals surface area contributed by atoms with Crippen molar-refractivity contribution in [3.63, 3.8) is 0 Å². The van der Waals surface area contributed by atoms with Crippen LogP contribution in [0.3, 0.4) is 0 Å². The number of benzene rings is 1. The average Bonchev–Trinajstić information content (AvgIpc) is 3.27. The van der Waals surface area contributed by atoms with Crippen molar-refractivity contribution in [1.82, 2.24) is 4.31 Å². The van der Waals surface area contributed by atoms with E-state index in [1.807, 2.05) is 0 Å². The van der Waals surface area contributed by atoms with Crippen LogP contribution in [0.5, 0.6) is 0 Å². The zero-order chi connectivity index (χ0) is 16.0. The van der Waals surface area contributed by atoms with E-state index in [0.29, 0.717) is 23.4 Å². The van der Waals surface area contributed by atoms with E-state index in [2.05, 4.69) is 0 Å². The lowest BCUT2D eigenvalue weighted by molar-refractivity contribution is 0.427. The molecular formula is C14H18ClNO4S2. The monoisotopic (exact) mass is 363 g/mol. The Bertz CT molecular complexity index is 772. The molecule has 1 aromatic carbocycles. The second kappa shape index (κ2) is 5.78. The maximum absolute atomic E-state index is 12.5. The van der Waals surface area contributed by atoms with Gasteiger partial charge in [-0.1, -0.05) is 29.8 Å². The van der Waals surface area contributed by atoms with Crippen molar-refractivity contribution in [2.24, 2.45) is 0 Å². The molecule has 0 spiro atoms. The fourth-order valence-corrected chi connectivity index (χ4v) is 6.96. The van der Waals surface area contributed by atoms with Crippen molar-refractivity contribution in [3.05, 3.63) is 34.9 Å². The molecule has 0 amide bonds. The van der Waals surface area contributed by atoms with E-state index >= 15 is 0 Å². The SMILES string of the molecule is O=S1(=O)CCN(S(=O)(=O)C2CC2)CCC1c1ccccc1Cl. The molecule has 2 aliphatic rings. The molecule has 1 aliphatic carbocycles. The van der Waals surface area contributed by atoms with Gasteiger partial charge in [-0.2, -0.15) is 0 Å². The largest absolute Gasteiger partial charge is 0.228 e. The summed E-state index contributed by atoms with van der Waals surface area (Å²) in [5.74, 6) is -0.158. The fourth-order valence-electron chi connectivity index (χ4n) is 2.84. The van der Waals surface area contributed by atoms with E-state index in [9.17, 15) is 16.8 Å². The summed E-state index contributed by atoms with van der Waals surface area (Å²) in [7, 11) is -6.77. The van der Waals surface area contributed by atoms with Crippen LogP contribution >= 0.6 is 11.6 Å². The highest BCUT2D eigenvalue weighted by Crippen LogP contribution is 2.36. The van der Waals surface area contributed by atoms with Gasteiger partial charge in [0.25, 0.3) is 0 Å². The second-order valence-corrected chi connectivity index (χ2v) is 10.7. The molecule has 1 unspecified atom stereocenters. The van der Waals surface area contributed by atoms with Gasteiger partial charge in [-0.15, -0.1) is 0 Å². The summed E-state index contributed by atoms with van der Waals surface area (Å²) in [6.07, 6.45) is 1.61. The molecule has 5 nitrogen and oxygen atoms in total. The molecule has 0 radical (unpaired) electrons. The molecule has 1 saturated heterocycles. The van der Waals surface area contributed by atoms with Crippen LogP contribution in [0, 0.1) is 0 Å². The van der Waals surface area contributed by atoms with Gasteiger partial charge in [0.15, 0.2) is 9.84 Å². The lowest BCUT2D eigenvalue weighted by Gasteiger charge is -2.19. The molecule has 0 N–H and O–H groups in total. The Kier molecular flexibility index (Phi) is 4.26. The predicted octanol–water partition coefficient (Wildman–Crippen LogP) is 1.99. The highest BCUT2D eigenvalue weighted by molar-refractivity contribution is 7.92. The quantitative estimate of drug-likeness (QED) is 0.823. The predicted molar refractivity (Wildman–Crippen MR) is 86.1 cm³/mol. The standard InChI is InChI=1S/C14H18ClNO4S2/c15-13-4-2-1-3-12(13)14-7-8-16(9-10-21(14,17)18)22(19,20)11-5-6-11/h1-4,11,14H,5-10H2. The molecule has 8 heteroatoms. The van der Waals surface area contributed by atoms with Crippen LogP contribution in [-0.4, -0.2) is 45.2 Å². The van der Waals surface area contributed by atoms with E-state index in [4.69, 9.17) is 11.6 Å². The first-order chi connectivity index (χ1) is 10.3. The minimum Gasteiger partial charge on any atom is -0.228 e. The molecule has 1 aliphatic heterocycles. The van der Waals surface area contributed by atoms with Gasteiger partial charge < -0.3 is 0 Å². The van der Waals surface area contributed by atoms with Gasteiger partial charge in [-0.25, -0.2) is 21.1 Å². The number of sulfonamides is 1. The molecule has 1 heterocycles. The lowest BCUT2D eigenvalue weighted by atomic mass is 10.1. The van der Waals surface area contributed by atoms with Crippen molar-refractivity contribution in [2.75, 3.05) is 18.8 Å². The van der Waals surface area contributed by atoms with Crippen LogP contribution in [0.1, 0.15) is 30.1 Å². The molecule has 122 valence electrons. The summed E-state index contributed by atoms with van der Waals surface area (Å²) in [4.78, 5) is 0. The molecule has 1 atom stereocenters. The van der Waals surface area contributed by atoms with Gasteiger partial charge in [-0.05, 0) is 30.9 Å². The first kappa shape index (κ1) is 16.2. The third-order valence-corrected chi connectivity index (χ3v) is 9.11. The van der Waals surface area contributed by atoms with Crippen LogP contribution in [0.15, 0.2) is 24.3 Å². The zero-order valence-corrected chi connectivity index (χ0v) is 14.4. The molecule has 22 heavy (non-hydrogen) atoms. The van der Waals surface area contributed by atoms with Gasteiger partial charge >= 0.3 is 0 Å². The molecule has 0 bridgehead atoms. The van der Waals surface area contributed by atoms with Crippen LogP contribution < -0.4 is 0 Å². The number of rotatable bonds is 3. The van der Waals surface area contributed by atoms with Crippen molar-refractivity contribution in [3.8, 4) is 0 Å². The maximum atomic E-state index is 12.5. The summed E-state index contributed by atoms with van der Waals surface area (Å²) in [5.41, 5.74) is 0.565. The summed E-state index contributed by atoms with van der Waals surface area (Å²) in [6.45, 7) is 0.274. The Hall–Kier alpha value is -0.630. The van der Waals surface area contributed by atoms with E-state index in [1.165, 1.54) is 4.31 Å². The topological polar surface area (TPSA) is 71.5 Å². The first-order valence-corrected chi connectivity index (χ1v) is 10.9. The molecule has 0 aromatic heterocycles. The fraction of sp³-hybridized carbons (Fsp3) is 0.571. The molecule has 2 fully saturated rings. The number of sulfone groups is 1. The normalized spacial score (nSPS) is 26.5. The van der Waals surface area contributed by atoms with Crippen molar-refractivity contribution >= 4 is 31.5 Å². The Morgan fingerprint density at radius 1 is 1.09 bits per heavy atom. The first-order valence-electron chi connectivity index (χ1n) is 7.27. The third kappa shape index (κ3) is 3.04. The molecule has 1 saturated carbocycles. The maximum Gasteiger partial charge on any atom is 0.217 e. The third-order valence-electron chi connectivity index (χ3n) is 4.26. The minimum absolute atomic E-state index is 0.0438. The highest BCUT2D eigenvalue weighted by atomic mass is 35.5. The van der Waals surface area contributed by atoms with Gasteiger partial charge in [-0.3, -0.25) is 0 Å².